The first-order valence-electron chi connectivity index (χ1n) is 8.05. The highest BCUT2D eigenvalue weighted by atomic mass is 32.1. The first-order valence-corrected chi connectivity index (χ1v) is 8.93. The van der Waals surface area contributed by atoms with Crippen LogP contribution in [0.4, 0.5) is 0 Å². The van der Waals surface area contributed by atoms with Crippen molar-refractivity contribution in [1.82, 2.24) is 15.2 Å². The molecule has 126 valence electrons. The maximum atomic E-state index is 12.5. The number of ether oxygens (including phenoxy) is 2. The molecule has 0 unspecified atom stereocenters. The van der Waals surface area contributed by atoms with Crippen LogP contribution in [0.1, 0.15) is 12.6 Å². The second-order valence-corrected chi connectivity index (χ2v) is 6.89. The summed E-state index contributed by atoms with van der Waals surface area (Å²) in [6.45, 7) is 4.81. The van der Waals surface area contributed by atoms with E-state index in [9.17, 15) is 4.79 Å². The highest BCUT2D eigenvalue weighted by molar-refractivity contribution is 7.13. The lowest BCUT2D eigenvalue weighted by Crippen LogP contribution is -2.52. The molecule has 1 aromatic heterocycles. The summed E-state index contributed by atoms with van der Waals surface area (Å²) in [7, 11) is 0. The molecule has 1 N–H and O–H groups in total. The summed E-state index contributed by atoms with van der Waals surface area (Å²) in [5.74, 6) is 1.65. The molecule has 7 heteroatoms. The average Bonchev–Trinajstić information content (AvgIpc) is 3.23. The maximum absolute atomic E-state index is 12.5. The van der Waals surface area contributed by atoms with Gasteiger partial charge in [-0.2, -0.15) is 0 Å². The molecule has 0 saturated carbocycles. The quantitative estimate of drug-likeness (QED) is 0.921. The van der Waals surface area contributed by atoms with E-state index in [0.717, 1.165) is 47.4 Å². The number of piperazine rings is 1. The van der Waals surface area contributed by atoms with E-state index in [1.807, 2.05) is 28.5 Å². The Morgan fingerprint density at radius 2 is 2.29 bits per heavy atom. The number of thiazole rings is 1. The van der Waals surface area contributed by atoms with Crippen LogP contribution in [0.25, 0.3) is 10.6 Å². The number of nitrogens with one attached hydrogen (secondary N) is 1. The number of nitrogens with zero attached hydrogens (tertiary/aromatic N) is 2. The summed E-state index contributed by atoms with van der Waals surface area (Å²) < 4.78 is 10.7. The SMILES string of the molecule is C[C@H]1CNCCN1C(=O)Cc1csc(-c2ccc3c(c2)OCO3)n1. The molecule has 0 aliphatic carbocycles. The average molecular weight is 345 g/mol. The molecule has 0 bridgehead atoms. The molecule has 0 spiro atoms. The van der Waals surface area contributed by atoms with Gasteiger partial charge in [0.2, 0.25) is 12.7 Å². The van der Waals surface area contributed by atoms with Gasteiger partial charge in [0, 0.05) is 36.6 Å². The van der Waals surface area contributed by atoms with E-state index in [0.29, 0.717) is 6.42 Å². The summed E-state index contributed by atoms with van der Waals surface area (Å²) in [4.78, 5) is 19.1. The van der Waals surface area contributed by atoms with Crippen LogP contribution in [-0.4, -0.2) is 48.3 Å². The van der Waals surface area contributed by atoms with Crippen molar-refractivity contribution < 1.29 is 14.3 Å². The lowest BCUT2D eigenvalue weighted by molar-refractivity contribution is -0.133. The van der Waals surface area contributed by atoms with Crippen LogP contribution in [0.15, 0.2) is 23.6 Å². The maximum Gasteiger partial charge on any atom is 0.231 e. The molecule has 6 nitrogen and oxygen atoms in total. The van der Waals surface area contributed by atoms with E-state index in [2.05, 4.69) is 17.2 Å². The molecule has 1 atom stereocenters. The topological polar surface area (TPSA) is 63.7 Å². The van der Waals surface area contributed by atoms with Gasteiger partial charge in [0.05, 0.1) is 12.1 Å². The molecular weight excluding hydrogens is 326 g/mol. The van der Waals surface area contributed by atoms with Gasteiger partial charge < -0.3 is 19.7 Å². The summed E-state index contributed by atoms with van der Waals surface area (Å²) in [6.07, 6.45) is 0.353. The number of carbonyl (C=O) groups excluding carboxylic acids is 1. The molecule has 0 radical (unpaired) electrons. The molecule has 24 heavy (non-hydrogen) atoms. The summed E-state index contributed by atoms with van der Waals surface area (Å²) in [6, 6.07) is 6.03. The summed E-state index contributed by atoms with van der Waals surface area (Å²) in [5, 5.41) is 6.16. The second kappa shape index (κ2) is 6.41. The number of fused-ring (bicyclic) bond motifs is 1. The van der Waals surface area contributed by atoms with E-state index in [1.165, 1.54) is 0 Å². The largest absolute Gasteiger partial charge is 0.454 e. The van der Waals surface area contributed by atoms with Crippen LogP contribution >= 0.6 is 11.3 Å². The number of benzene rings is 1. The van der Waals surface area contributed by atoms with Crippen molar-refractivity contribution in [2.45, 2.75) is 19.4 Å². The Labute approximate surface area is 144 Å². The van der Waals surface area contributed by atoms with Crippen molar-refractivity contribution in [1.29, 1.82) is 0 Å². The van der Waals surface area contributed by atoms with E-state index in [1.54, 1.807) is 11.3 Å². The Hall–Kier alpha value is -2.12. The minimum Gasteiger partial charge on any atom is -0.454 e. The van der Waals surface area contributed by atoms with Crippen LogP contribution in [0.3, 0.4) is 0 Å². The fourth-order valence-electron chi connectivity index (χ4n) is 3.02. The van der Waals surface area contributed by atoms with Crippen molar-refractivity contribution in [3.05, 3.63) is 29.3 Å². The third kappa shape index (κ3) is 2.97. The van der Waals surface area contributed by atoms with Gasteiger partial charge in [-0.3, -0.25) is 4.79 Å². The number of rotatable bonds is 3. The van der Waals surface area contributed by atoms with Gasteiger partial charge in [0.25, 0.3) is 0 Å². The van der Waals surface area contributed by atoms with Gasteiger partial charge in [-0.25, -0.2) is 4.98 Å². The number of hydrogen-bond acceptors (Lipinski definition) is 6. The zero-order valence-corrected chi connectivity index (χ0v) is 14.3. The number of aromatic nitrogens is 1. The monoisotopic (exact) mass is 345 g/mol. The summed E-state index contributed by atoms with van der Waals surface area (Å²) >= 11 is 1.55. The lowest BCUT2D eigenvalue weighted by atomic mass is 10.2. The predicted molar refractivity (Wildman–Crippen MR) is 91.4 cm³/mol. The molecule has 1 saturated heterocycles. The molecule has 1 amide bonds. The molecule has 2 aliphatic rings. The fourth-order valence-corrected chi connectivity index (χ4v) is 3.84. The van der Waals surface area contributed by atoms with Gasteiger partial charge in [0.15, 0.2) is 11.5 Å². The molecular formula is C17H19N3O3S. The van der Waals surface area contributed by atoms with Gasteiger partial charge in [-0.15, -0.1) is 11.3 Å². The number of carbonyl (C=O) groups is 1. The van der Waals surface area contributed by atoms with E-state index in [-0.39, 0.29) is 18.7 Å². The Balaban J connectivity index is 1.47. The minimum absolute atomic E-state index is 0.145. The van der Waals surface area contributed by atoms with Crippen LogP contribution in [0.5, 0.6) is 11.5 Å². The highest BCUT2D eigenvalue weighted by Crippen LogP contribution is 2.36. The Kier molecular flexibility index (Phi) is 4.12. The molecule has 2 aromatic rings. The third-order valence-corrected chi connectivity index (χ3v) is 5.27. The molecule has 1 fully saturated rings. The molecule has 4 rings (SSSR count). The Morgan fingerprint density at radius 3 is 3.17 bits per heavy atom. The lowest BCUT2D eigenvalue weighted by Gasteiger charge is -2.33. The highest BCUT2D eigenvalue weighted by Gasteiger charge is 2.23. The number of hydrogen-bond donors (Lipinski definition) is 1. The van der Waals surface area contributed by atoms with E-state index < -0.39 is 0 Å². The van der Waals surface area contributed by atoms with Gasteiger partial charge in [-0.05, 0) is 25.1 Å². The molecule has 2 aliphatic heterocycles. The second-order valence-electron chi connectivity index (χ2n) is 6.03. The van der Waals surface area contributed by atoms with Crippen molar-refractivity contribution in [2.24, 2.45) is 0 Å². The number of amides is 1. The third-order valence-electron chi connectivity index (χ3n) is 4.33. The first kappa shape index (κ1) is 15.4. The van der Waals surface area contributed by atoms with Crippen molar-refractivity contribution in [3.63, 3.8) is 0 Å². The van der Waals surface area contributed by atoms with E-state index >= 15 is 0 Å². The Bertz CT molecular complexity index is 761. The van der Waals surface area contributed by atoms with Crippen LogP contribution in [0.2, 0.25) is 0 Å². The van der Waals surface area contributed by atoms with Crippen LogP contribution < -0.4 is 14.8 Å². The zero-order valence-electron chi connectivity index (χ0n) is 13.4. The van der Waals surface area contributed by atoms with Crippen LogP contribution in [-0.2, 0) is 11.2 Å². The van der Waals surface area contributed by atoms with Gasteiger partial charge in [0.1, 0.15) is 5.01 Å². The fraction of sp³-hybridized carbons (Fsp3) is 0.412. The smallest absolute Gasteiger partial charge is 0.231 e. The standard InChI is InChI=1S/C17H19N3O3S/c1-11-8-18-4-5-20(11)16(21)7-13-9-24-17(19-13)12-2-3-14-15(6-12)23-10-22-14/h2-3,6,9,11,18H,4-5,7-8,10H2,1H3/t11-/m0/s1. The zero-order chi connectivity index (χ0) is 16.5. The summed E-state index contributed by atoms with van der Waals surface area (Å²) in [5.41, 5.74) is 1.81. The van der Waals surface area contributed by atoms with E-state index in [4.69, 9.17) is 9.47 Å². The predicted octanol–water partition coefficient (Wildman–Crippen LogP) is 1.90. The van der Waals surface area contributed by atoms with Crippen molar-refractivity contribution >= 4 is 17.2 Å². The van der Waals surface area contributed by atoms with Crippen molar-refractivity contribution in [2.75, 3.05) is 26.4 Å². The van der Waals surface area contributed by atoms with Crippen molar-refractivity contribution in [3.8, 4) is 22.1 Å². The van der Waals surface area contributed by atoms with Gasteiger partial charge >= 0.3 is 0 Å². The Morgan fingerprint density at radius 1 is 1.42 bits per heavy atom. The van der Waals surface area contributed by atoms with Gasteiger partial charge in [-0.1, -0.05) is 0 Å². The normalized spacial score (nSPS) is 19.5. The minimum atomic E-state index is 0.145. The van der Waals surface area contributed by atoms with Crippen LogP contribution in [0, 0.1) is 0 Å². The molecule has 1 aromatic carbocycles. The molecule has 3 heterocycles. The first-order chi connectivity index (χ1) is 11.7.